The number of hydrogen-bond acceptors (Lipinski definition) is 7. The van der Waals surface area contributed by atoms with E-state index < -0.39 is 5.60 Å². The summed E-state index contributed by atoms with van der Waals surface area (Å²) in [7, 11) is 2.09. The van der Waals surface area contributed by atoms with E-state index in [2.05, 4.69) is 17.3 Å². The Kier molecular flexibility index (Phi) is 10.1. The van der Waals surface area contributed by atoms with Crippen molar-refractivity contribution in [2.24, 2.45) is 0 Å². The lowest BCUT2D eigenvalue weighted by molar-refractivity contribution is -0.156. The first kappa shape index (κ1) is 24.9. The van der Waals surface area contributed by atoms with Crippen molar-refractivity contribution in [3.8, 4) is 5.75 Å². The van der Waals surface area contributed by atoms with E-state index in [1.165, 1.54) is 11.3 Å². The van der Waals surface area contributed by atoms with Gasteiger partial charge in [0.15, 0.2) is 6.61 Å². The van der Waals surface area contributed by atoms with Gasteiger partial charge in [0.25, 0.3) is 5.91 Å². The molecule has 0 spiro atoms. The molecule has 1 aromatic carbocycles. The number of hydrogen-bond donors (Lipinski definition) is 1. The third kappa shape index (κ3) is 10.0. The van der Waals surface area contributed by atoms with Gasteiger partial charge in [0.1, 0.15) is 11.4 Å². The van der Waals surface area contributed by atoms with E-state index >= 15 is 0 Å². The summed E-state index contributed by atoms with van der Waals surface area (Å²) in [5.74, 6) is 0.247. The molecule has 1 aromatic rings. The Bertz CT molecular complexity index is 717. The molecule has 1 aliphatic rings. The van der Waals surface area contributed by atoms with Gasteiger partial charge in [0.05, 0.1) is 32.8 Å². The minimum Gasteiger partial charge on any atom is -0.484 e. The molecule has 0 saturated carbocycles. The standard InChI is InChI=1S/C23H36N2O6/c1-23(2,3)31-22(27)9-12-28-14-15-29-13-10-24-21(26)17-30-19-7-8-20-18(16-19)6-5-11-25(20)4/h7-8,16H,5-6,9-15,17H2,1-4H3,(H,24,26). The van der Waals surface area contributed by atoms with Crippen molar-refractivity contribution in [1.82, 2.24) is 5.32 Å². The molecule has 0 fully saturated rings. The summed E-state index contributed by atoms with van der Waals surface area (Å²) < 4.78 is 21.6. The van der Waals surface area contributed by atoms with E-state index in [0.717, 1.165) is 19.4 Å². The van der Waals surface area contributed by atoms with E-state index in [1.807, 2.05) is 39.0 Å². The minimum atomic E-state index is -0.479. The predicted octanol–water partition coefficient (Wildman–Crippen LogP) is 2.33. The van der Waals surface area contributed by atoms with Crippen LogP contribution in [0.25, 0.3) is 0 Å². The molecule has 0 unspecified atom stereocenters. The van der Waals surface area contributed by atoms with Crippen molar-refractivity contribution in [3.63, 3.8) is 0 Å². The van der Waals surface area contributed by atoms with Crippen molar-refractivity contribution >= 4 is 17.6 Å². The van der Waals surface area contributed by atoms with Crippen LogP contribution in [0.2, 0.25) is 0 Å². The number of fused-ring (bicyclic) bond motifs is 1. The van der Waals surface area contributed by atoms with Crippen molar-refractivity contribution in [3.05, 3.63) is 23.8 Å². The SMILES string of the molecule is CN1CCCc2cc(OCC(=O)NCCOCCOCCC(=O)OC(C)(C)C)ccc21. The number of nitrogens with zero attached hydrogens (tertiary/aromatic N) is 1. The molecule has 174 valence electrons. The molecule has 31 heavy (non-hydrogen) atoms. The number of carbonyl (C=O) groups excluding carboxylic acids is 2. The summed E-state index contributed by atoms with van der Waals surface area (Å²) in [6, 6.07) is 5.97. The Balaban J connectivity index is 1.47. The predicted molar refractivity (Wildman–Crippen MR) is 119 cm³/mol. The molecule has 8 heteroatoms. The number of anilines is 1. The normalized spacial score (nSPS) is 13.5. The van der Waals surface area contributed by atoms with Gasteiger partial charge >= 0.3 is 5.97 Å². The summed E-state index contributed by atoms with van der Waals surface area (Å²) >= 11 is 0. The van der Waals surface area contributed by atoms with Gasteiger partial charge in [-0.15, -0.1) is 0 Å². The lowest BCUT2D eigenvalue weighted by Crippen LogP contribution is -2.32. The van der Waals surface area contributed by atoms with E-state index in [1.54, 1.807) is 0 Å². The van der Waals surface area contributed by atoms with E-state index in [-0.39, 0.29) is 24.9 Å². The van der Waals surface area contributed by atoms with Gasteiger partial charge in [0.2, 0.25) is 0 Å². The molecule has 1 heterocycles. The average molecular weight is 437 g/mol. The highest BCUT2D eigenvalue weighted by Gasteiger charge is 2.16. The number of benzene rings is 1. The molecule has 0 aromatic heterocycles. The maximum Gasteiger partial charge on any atom is 0.308 e. The van der Waals surface area contributed by atoms with Gasteiger partial charge in [-0.2, -0.15) is 0 Å². The van der Waals surface area contributed by atoms with Crippen LogP contribution < -0.4 is 15.0 Å². The van der Waals surface area contributed by atoms with Crippen LogP contribution in [0.1, 0.15) is 39.2 Å². The van der Waals surface area contributed by atoms with E-state index in [0.29, 0.717) is 38.7 Å². The second-order valence-corrected chi connectivity index (χ2v) is 8.52. The number of amides is 1. The first-order chi connectivity index (χ1) is 14.7. The smallest absolute Gasteiger partial charge is 0.308 e. The lowest BCUT2D eigenvalue weighted by Gasteiger charge is -2.27. The van der Waals surface area contributed by atoms with Crippen LogP contribution in [-0.4, -0.2) is 70.6 Å². The number of nitrogens with one attached hydrogen (secondary N) is 1. The second-order valence-electron chi connectivity index (χ2n) is 8.52. The molecule has 0 saturated heterocycles. The minimum absolute atomic E-state index is 0.0254. The van der Waals surface area contributed by atoms with Gasteiger partial charge in [-0.3, -0.25) is 9.59 Å². The van der Waals surface area contributed by atoms with E-state index in [4.69, 9.17) is 18.9 Å². The lowest BCUT2D eigenvalue weighted by atomic mass is 10.0. The zero-order chi connectivity index (χ0) is 22.7. The highest BCUT2D eigenvalue weighted by molar-refractivity contribution is 5.77. The summed E-state index contributed by atoms with van der Waals surface area (Å²) in [4.78, 5) is 25.7. The molecule has 8 nitrogen and oxygen atoms in total. The van der Waals surface area contributed by atoms with Crippen molar-refractivity contribution in [2.45, 2.75) is 45.6 Å². The zero-order valence-electron chi connectivity index (χ0n) is 19.2. The zero-order valence-corrected chi connectivity index (χ0v) is 19.2. The van der Waals surface area contributed by atoms with Crippen molar-refractivity contribution in [1.29, 1.82) is 0 Å². The Labute approximate surface area is 185 Å². The first-order valence-corrected chi connectivity index (χ1v) is 10.9. The van der Waals surface area contributed by atoms with Crippen LogP contribution in [0.5, 0.6) is 5.75 Å². The third-order valence-electron chi connectivity index (χ3n) is 4.58. The van der Waals surface area contributed by atoms with Gasteiger partial charge in [-0.1, -0.05) is 0 Å². The second kappa shape index (κ2) is 12.5. The quantitative estimate of drug-likeness (QED) is 0.397. The van der Waals surface area contributed by atoms with Crippen LogP contribution in [0.15, 0.2) is 18.2 Å². The molecule has 0 radical (unpaired) electrons. The Morgan fingerprint density at radius 3 is 2.58 bits per heavy atom. The fourth-order valence-corrected chi connectivity index (χ4v) is 3.18. The molecule has 2 rings (SSSR count). The van der Waals surface area contributed by atoms with Crippen LogP contribution in [0.4, 0.5) is 5.69 Å². The summed E-state index contributed by atoms with van der Waals surface area (Å²) in [5, 5.41) is 2.76. The van der Waals surface area contributed by atoms with Crippen LogP contribution >= 0.6 is 0 Å². The summed E-state index contributed by atoms with van der Waals surface area (Å²) in [5.41, 5.74) is 2.01. The maximum atomic E-state index is 11.9. The van der Waals surface area contributed by atoms with Gasteiger partial charge < -0.3 is 29.2 Å². The fraction of sp³-hybridized carbons (Fsp3) is 0.652. The largest absolute Gasteiger partial charge is 0.484 e. The number of esters is 1. The highest BCUT2D eigenvalue weighted by atomic mass is 16.6. The summed E-state index contributed by atoms with van der Waals surface area (Å²) in [6.45, 7) is 8.38. The first-order valence-electron chi connectivity index (χ1n) is 10.9. The Morgan fingerprint density at radius 1 is 1.10 bits per heavy atom. The summed E-state index contributed by atoms with van der Waals surface area (Å²) in [6.07, 6.45) is 2.38. The van der Waals surface area contributed by atoms with Crippen LogP contribution in [0.3, 0.4) is 0 Å². The topological polar surface area (TPSA) is 86.3 Å². The number of rotatable bonds is 12. The monoisotopic (exact) mass is 436 g/mol. The van der Waals surface area contributed by atoms with Gasteiger partial charge in [-0.05, 0) is 57.4 Å². The molecular weight excluding hydrogens is 400 g/mol. The molecule has 1 N–H and O–H groups in total. The van der Waals surface area contributed by atoms with Crippen LogP contribution in [-0.2, 0) is 30.2 Å². The van der Waals surface area contributed by atoms with Gasteiger partial charge in [0, 0.05) is 25.8 Å². The molecule has 1 aliphatic heterocycles. The Morgan fingerprint density at radius 2 is 1.84 bits per heavy atom. The third-order valence-corrected chi connectivity index (χ3v) is 4.58. The molecule has 0 atom stereocenters. The van der Waals surface area contributed by atoms with Crippen LogP contribution in [0, 0.1) is 0 Å². The molecular formula is C23H36N2O6. The van der Waals surface area contributed by atoms with Gasteiger partial charge in [-0.25, -0.2) is 0 Å². The number of ether oxygens (including phenoxy) is 4. The Hall–Kier alpha value is -2.32. The van der Waals surface area contributed by atoms with Crippen molar-refractivity contribution in [2.75, 3.05) is 58.1 Å². The van der Waals surface area contributed by atoms with Crippen molar-refractivity contribution < 1.29 is 28.5 Å². The highest BCUT2D eigenvalue weighted by Crippen LogP contribution is 2.29. The molecule has 1 amide bonds. The van der Waals surface area contributed by atoms with E-state index in [9.17, 15) is 9.59 Å². The molecule has 0 bridgehead atoms. The molecule has 0 aliphatic carbocycles. The fourth-order valence-electron chi connectivity index (χ4n) is 3.18. The maximum absolute atomic E-state index is 11.9. The number of carbonyl (C=O) groups is 2. The number of aryl methyl sites for hydroxylation is 1. The average Bonchev–Trinajstić information content (AvgIpc) is 2.69.